The average Bonchev–Trinajstić information content (AvgIpc) is 2.73. The van der Waals surface area contributed by atoms with Crippen molar-refractivity contribution in [2.24, 2.45) is 0 Å². The molecule has 1 aliphatic heterocycles. The highest BCUT2D eigenvalue weighted by Crippen LogP contribution is 2.19. The van der Waals surface area contributed by atoms with E-state index in [1.165, 1.54) is 18.2 Å². The van der Waals surface area contributed by atoms with E-state index < -0.39 is 6.10 Å². The van der Waals surface area contributed by atoms with Crippen molar-refractivity contribution in [1.29, 1.82) is 0 Å². The van der Waals surface area contributed by atoms with Crippen LogP contribution in [0, 0.1) is 5.82 Å². The van der Waals surface area contributed by atoms with E-state index in [2.05, 4.69) is 14.8 Å². The van der Waals surface area contributed by atoms with E-state index in [4.69, 9.17) is 4.74 Å². The molecule has 2 N–H and O–H groups in total. The Morgan fingerprint density at radius 1 is 1.03 bits per heavy atom. The summed E-state index contributed by atoms with van der Waals surface area (Å²) in [6, 6.07) is 15.2. The minimum absolute atomic E-state index is 0.138. The van der Waals surface area contributed by atoms with Gasteiger partial charge in [-0.05, 0) is 48.5 Å². The Labute approximate surface area is 168 Å². The number of halogens is 1. The van der Waals surface area contributed by atoms with Gasteiger partial charge in [-0.15, -0.1) is 0 Å². The van der Waals surface area contributed by atoms with Crippen LogP contribution in [0.25, 0.3) is 10.9 Å². The zero-order valence-electron chi connectivity index (χ0n) is 16.1. The van der Waals surface area contributed by atoms with Crippen molar-refractivity contribution >= 4 is 16.6 Å². The monoisotopic (exact) mass is 397 g/mol. The van der Waals surface area contributed by atoms with Gasteiger partial charge in [0.25, 0.3) is 0 Å². The zero-order valence-corrected chi connectivity index (χ0v) is 16.1. The van der Waals surface area contributed by atoms with Gasteiger partial charge >= 0.3 is 0 Å². The summed E-state index contributed by atoms with van der Waals surface area (Å²) in [7, 11) is 0. The molecule has 1 saturated heterocycles. The number of hydrogen-bond acceptors (Lipinski definition) is 5. The van der Waals surface area contributed by atoms with E-state index in [9.17, 15) is 14.3 Å². The number of aliphatic hydroxyl groups is 1. The van der Waals surface area contributed by atoms with Gasteiger partial charge in [0.05, 0.1) is 0 Å². The summed E-state index contributed by atoms with van der Waals surface area (Å²) in [6.07, 6.45) is -0.598. The third-order valence-corrected chi connectivity index (χ3v) is 5.17. The van der Waals surface area contributed by atoms with Gasteiger partial charge in [-0.2, -0.15) is 0 Å². The van der Waals surface area contributed by atoms with Gasteiger partial charge in [-0.3, -0.25) is 9.69 Å². The molecule has 0 radical (unpaired) electrons. The second-order valence-corrected chi connectivity index (χ2v) is 7.30. The molecule has 1 atom stereocenters. The molecule has 7 heteroatoms. The van der Waals surface area contributed by atoms with Crippen LogP contribution in [-0.4, -0.2) is 60.4 Å². The lowest BCUT2D eigenvalue weighted by Crippen LogP contribution is -2.49. The number of benzene rings is 2. The molecule has 1 fully saturated rings. The highest BCUT2D eigenvalue weighted by Gasteiger charge is 2.20. The highest BCUT2D eigenvalue weighted by molar-refractivity contribution is 5.79. The minimum Gasteiger partial charge on any atom is -0.491 e. The Morgan fingerprint density at radius 3 is 2.55 bits per heavy atom. The maximum absolute atomic E-state index is 13.1. The van der Waals surface area contributed by atoms with Gasteiger partial charge in [0.2, 0.25) is 5.56 Å². The third-order valence-electron chi connectivity index (χ3n) is 5.17. The van der Waals surface area contributed by atoms with Crippen molar-refractivity contribution in [3.8, 4) is 5.75 Å². The third kappa shape index (κ3) is 4.93. The lowest BCUT2D eigenvalue weighted by Gasteiger charge is -2.36. The molecular weight excluding hydrogens is 373 g/mol. The number of fused-ring (bicyclic) bond motifs is 1. The van der Waals surface area contributed by atoms with E-state index in [1.807, 2.05) is 6.07 Å². The van der Waals surface area contributed by atoms with Gasteiger partial charge in [-0.25, -0.2) is 4.39 Å². The van der Waals surface area contributed by atoms with Crippen LogP contribution in [0.2, 0.25) is 0 Å². The van der Waals surface area contributed by atoms with Gasteiger partial charge in [0.15, 0.2) is 0 Å². The van der Waals surface area contributed by atoms with Crippen LogP contribution in [0.5, 0.6) is 5.75 Å². The first-order chi connectivity index (χ1) is 14.1. The first-order valence-electron chi connectivity index (χ1n) is 9.74. The summed E-state index contributed by atoms with van der Waals surface area (Å²) in [5.41, 5.74) is 1.64. The van der Waals surface area contributed by atoms with Crippen LogP contribution in [0.4, 0.5) is 10.1 Å². The fourth-order valence-electron chi connectivity index (χ4n) is 3.61. The molecule has 1 aromatic heterocycles. The van der Waals surface area contributed by atoms with E-state index in [0.717, 1.165) is 42.8 Å². The fraction of sp³-hybridized carbons (Fsp3) is 0.318. The average molecular weight is 397 g/mol. The van der Waals surface area contributed by atoms with Crippen LogP contribution >= 0.6 is 0 Å². The summed E-state index contributed by atoms with van der Waals surface area (Å²) in [5.74, 6) is 0.430. The Bertz CT molecular complexity index is 1010. The summed E-state index contributed by atoms with van der Waals surface area (Å²) in [4.78, 5) is 18.5. The largest absolute Gasteiger partial charge is 0.491 e. The second-order valence-electron chi connectivity index (χ2n) is 7.30. The van der Waals surface area contributed by atoms with E-state index in [-0.39, 0.29) is 18.0 Å². The maximum atomic E-state index is 13.1. The molecule has 4 rings (SSSR count). The van der Waals surface area contributed by atoms with Gasteiger partial charge in [-0.1, -0.05) is 0 Å². The number of β-amino-alcohol motifs (C(OH)–C–C–N with tert-alkyl or cyclic N) is 1. The summed E-state index contributed by atoms with van der Waals surface area (Å²) in [6.45, 7) is 4.07. The number of piperazine rings is 1. The predicted octanol–water partition coefficient (Wildman–Crippen LogP) is 2.23. The molecule has 0 amide bonds. The normalized spacial score (nSPS) is 16.1. The van der Waals surface area contributed by atoms with Crippen LogP contribution in [-0.2, 0) is 0 Å². The molecule has 0 bridgehead atoms. The molecule has 152 valence electrons. The number of aromatic amines is 1. The van der Waals surface area contributed by atoms with Crippen LogP contribution in [0.1, 0.15) is 0 Å². The summed E-state index contributed by atoms with van der Waals surface area (Å²) < 4.78 is 18.8. The van der Waals surface area contributed by atoms with Crippen LogP contribution in [0.15, 0.2) is 59.4 Å². The van der Waals surface area contributed by atoms with Crippen molar-refractivity contribution in [2.45, 2.75) is 6.10 Å². The van der Waals surface area contributed by atoms with Crippen molar-refractivity contribution < 1.29 is 14.2 Å². The number of aliphatic hydroxyl groups excluding tert-OH is 1. The summed E-state index contributed by atoms with van der Waals surface area (Å²) in [5, 5.41) is 11.2. The van der Waals surface area contributed by atoms with E-state index in [0.29, 0.717) is 12.3 Å². The van der Waals surface area contributed by atoms with E-state index >= 15 is 0 Å². The first-order valence-corrected chi connectivity index (χ1v) is 9.74. The number of pyridine rings is 1. The molecule has 0 saturated carbocycles. The Kier molecular flexibility index (Phi) is 5.78. The highest BCUT2D eigenvalue weighted by atomic mass is 19.1. The number of rotatable bonds is 6. The predicted molar refractivity (Wildman–Crippen MR) is 111 cm³/mol. The van der Waals surface area contributed by atoms with Crippen molar-refractivity contribution in [3.63, 3.8) is 0 Å². The molecule has 2 aromatic carbocycles. The number of nitrogens with zero attached hydrogens (tertiary/aromatic N) is 2. The molecule has 29 heavy (non-hydrogen) atoms. The lowest BCUT2D eigenvalue weighted by atomic mass is 10.2. The number of anilines is 1. The maximum Gasteiger partial charge on any atom is 0.248 e. The number of aromatic nitrogens is 1. The SMILES string of the molecule is O=c1ccc2cc(OC[C@H](O)CN3CCN(c4ccc(F)cc4)CC3)ccc2[nH]1. The fourth-order valence-corrected chi connectivity index (χ4v) is 3.61. The first kappa shape index (κ1) is 19.4. The summed E-state index contributed by atoms with van der Waals surface area (Å²) >= 11 is 0. The quantitative estimate of drug-likeness (QED) is 0.668. The van der Waals surface area contributed by atoms with Gasteiger partial charge in [0.1, 0.15) is 24.3 Å². The topological polar surface area (TPSA) is 68.8 Å². The minimum atomic E-state index is -0.598. The molecule has 2 heterocycles. The molecular formula is C22H24FN3O3. The van der Waals surface area contributed by atoms with Gasteiger partial charge < -0.3 is 19.7 Å². The Balaban J connectivity index is 1.25. The zero-order chi connectivity index (χ0) is 20.2. The number of hydrogen-bond donors (Lipinski definition) is 2. The lowest BCUT2D eigenvalue weighted by molar-refractivity contribution is 0.0663. The molecule has 1 aliphatic rings. The smallest absolute Gasteiger partial charge is 0.248 e. The standard InChI is InChI=1S/C22H24FN3O3/c23-17-2-4-18(5-3-17)26-11-9-25(10-12-26)14-19(27)15-29-20-6-7-21-16(13-20)1-8-22(28)24-21/h1-8,13,19,27H,9-12,14-15H2,(H,24,28)/t19-/m1/s1. The molecule has 6 nitrogen and oxygen atoms in total. The van der Waals surface area contributed by atoms with Crippen molar-refractivity contribution in [3.05, 3.63) is 70.8 Å². The Morgan fingerprint density at radius 2 is 1.79 bits per heavy atom. The molecule has 0 aliphatic carbocycles. The number of nitrogens with one attached hydrogen (secondary N) is 1. The van der Waals surface area contributed by atoms with Crippen molar-refractivity contribution in [2.75, 3.05) is 44.2 Å². The van der Waals surface area contributed by atoms with Crippen LogP contribution < -0.4 is 15.2 Å². The second kappa shape index (κ2) is 8.63. The van der Waals surface area contributed by atoms with Crippen molar-refractivity contribution in [1.82, 2.24) is 9.88 Å². The number of H-pyrrole nitrogens is 1. The van der Waals surface area contributed by atoms with E-state index in [1.54, 1.807) is 30.3 Å². The van der Waals surface area contributed by atoms with Crippen LogP contribution in [0.3, 0.4) is 0 Å². The number of ether oxygens (including phenoxy) is 1. The Hall–Kier alpha value is -2.90. The molecule has 0 unspecified atom stereocenters. The molecule has 0 spiro atoms. The van der Waals surface area contributed by atoms with Gasteiger partial charge in [0, 0.05) is 55.4 Å². The molecule has 3 aromatic rings.